The molecular weight excluding hydrogens is 431 g/mol. The fraction of sp³-hybridized carbons (Fsp3) is 0.440. The van der Waals surface area contributed by atoms with E-state index in [1.807, 2.05) is 24.8 Å². The van der Waals surface area contributed by atoms with Crippen LogP contribution in [0.15, 0.2) is 48.5 Å². The molecule has 0 aliphatic carbocycles. The molecule has 2 aromatic carbocycles. The monoisotopic (exact) mass is 461 g/mol. The van der Waals surface area contributed by atoms with Crippen LogP contribution in [0.25, 0.3) is 0 Å². The number of carbonyl (C=O) groups is 2. The van der Waals surface area contributed by atoms with Crippen LogP contribution >= 0.6 is 0 Å². The lowest BCUT2D eigenvalue weighted by Crippen LogP contribution is -2.45. The van der Waals surface area contributed by atoms with Crippen LogP contribution in [0.2, 0.25) is 0 Å². The van der Waals surface area contributed by atoms with Gasteiger partial charge in [0, 0.05) is 44.0 Å². The highest BCUT2D eigenvalue weighted by Crippen LogP contribution is 2.29. The van der Waals surface area contributed by atoms with Crippen molar-refractivity contribution in [3.05, 3.63) is 65.2 Å². The largest absolute Gasteiger partial charge is 0.416 e. The number of amides is 2. The zero-order valence-corrected chi connectivity index (χ0v) is 19.0. The summed E-state index contributed by atoms with van der Waals surface area (Å²) in [6.45, 7) is 6.73. The average Bonchev–Trinajstić information content (AvgIpc) is 2.83. The first-order valence-corrected chi connectivity index (χ1v) is 11.3. The molecule has 1 saturated heterocycles. The maximum Gasteiger partial charge on any atom is 0.416 e. The first-order valence-electron chi connectivity index (χ1n) is 11.3. The Bertz CT molecular complexity index is 973. The van der Waals surface area contributed by atoms with Crippen LogP contribution in [0.1, 0.15) is 48.2 Å². The van der Waals surface area contributed by atoms with Crippen LogP contribution < -0.4 is 10.2 Å². The SMILES string of the molecule is CCN(CC)C(=O)C1CCCN(c2cccc(C(=O)NCc3cccc(C(F)(F)F)c3)c2)C1. The molecule has 0 spiro atoms. The van der Waals surface area contributed by atoms with Gasteiger partial charge in [0.1, 0.15) is 0 Å². The van der Waals surface area contributed by atoms with Gasteiger partial charge in [0.05, 0.1) is 11.5 Å². The number of hydrogen-bond acceptors (Lipinski definition) is 3. The third-order valence-electron chi connectivity index (χ3n) is 6.03. The van der Waals surface area contributed by atoms with E-state index in [4.69, 9.17) is 0 Å². The first kappa shape index (κ1) is 24.6. The summed E-state index contributed by atoms with van der Waals surface area (Å²) >= 11 is 0. The Labute approximate surface area is 192 Å². The summed E-state index contributed by atoms with van der Waals surface area (Å²) in [6.07, 6.45) is -2.68. The quantitative estimate of drug-likeness (QED) is 0.649. The van der Waals surface area contributed by atoms with E-state index in [-0.39, 0.29) is 24.3 Å². The highest BCUT2D eigenvalue weighted by molar-refractivity contribution is 5.95. The smallest absolute Gasteiger partial charge is 0.371 e. The molecule has 1 atom stereocenters. The number of carbonyl (C=O) groups excluding carboxylic acids is 2. The van der Waals surface area contributed by atoms with Crippen molar-refractivity contribution in [2.75, 3.05) is 31.1 Å². The molecule has 33 heavy (non-hydrogen) atoms. The number of alkyl halides is 3. The van der Waals surface area contributed by atoms with Gasteiger partial charge < -0.3 is 15.1 Å². The molecule has 0 radical (unpaired) electrons. The van der Waals surface area contributed by atoms with E-state index in [9.17, 15) is 22.8 Å². The molecule has 1 aliphatic rings. The predicted molar refractivity (Wildman–Crippen MR) is 122 cm³/mol. The van der Waals surface area contributed by atoms with Gasteiger partial charge in [-0.3, -0.25) is 9.59 Å². The Kier molecular flexibility index (Phi) is 8.00. The second-order valence-electron chi connectivity index (χ2n) is 8.23. The van der Waals surface area contributed by atoms with Crippen LogP contribution in [-0.4, -0.2) is 42.9 Å². The van der Waals surface area contributed by atoms with Gasteiger partial charge >= 0.3 is 6.18 Å². The summed E-state index contributed by atoms with van der Waals surface area (Å²) in [5.74, 6) is -0.265. The Morgan fingerprint density at radius 1 is 1.09 bits per heavy atom. The van der Waals surface area contributed by atoms with Crippen molar-refractivity contribution >= 4 is 17.5 Å². The number of hydrogen-bond donors (Lipinski definition) is 1. The molecule has 1 aliphatic heterocycles. The number of nitrogens with one attached hydrogen (secondary N) is 1. The van der Waals surface area contributed by atoms with Gasteiger partial charge in [-0.25, -0.2) is 0 Å². The molecule has 5 nitrogen and oxygen atoms in total. The number of anilines is 1. The Morgan fingerprint density at radius 2 is 1.82 bits per heavy atom. The molecule has 1 heterocycles. The molecule has 1 fully saturated rings. The third kappa shape index (κ3) is 6.27. The van der Waals surface area contributed by atoms with Crippen LogP contribution in [-0.2, 0) is 17.5 Å². The molecule has 2 aromatic rings. The molecule has 3 rings (SSSR count). The number of nitrogens with zero attached hydrogens (tertiary/aromatic N) is 2. The Hall–Kier alpha value is -3.03. The Morgan fingerprint density at radius 3 is 2.52 bits per heavy atom. The van der Waals surface area contributed by atoms with Gasteiger partial charge in [-0.15, -0.1) is 0 Å². The molecule has 178 valence electrons. The lowest BCUT2D eigenvalue weighted by molar-refractivity contribution is -0.137. The highest BCUT2D eigenvalue weighted by Gasteiger charge is 2.30. The van der Waals surface area contributed by atoms with E-state index in [2.05, 4.69) is 10.2 Å². The summed E-state index contributed by atoms with van der Waals surface area (Å²) in [4.78, 5) is 29.4. The van der Waals surface area contributed by atoms with Crippen LogP contribution in [0.5, 0.6) is 0 Å². The minimum Gasteiger partial charge on any atom is -0.371 e. The molecular formula is C25H30F3N3O2. The highest BCUT2D eigenvalue weighted by atomic mass is 19.4. The summed E-state index contributed by atoms with van der Waals surface area (Å²) < 4.78 is 38.7. The van der Waals surface area contributed by atoms with E-state index < -0.39 is 11.7 Å². The van der Waals surface area contributed by atoms with Gasteiger partial charge in [-0.05, 0) is 62.6 Å². The molecule has 0 saturated carbocycles. The van der Waals surface area contributed by atoms with Crippen LogP contribution in [0, 0.1) is 5.92 Å². The lowest BCUT2D eigenvalue weighted by atomic mass is 9.95. The molecule has 1 N–H and O–H groups in total. The third-order valence-corrected chi connectivity index (χ3v) is 6.03. The number of piperidine rings is 1. The van der Waals surface area contributed by atoms with Crippen molar-refractivity contribution in [3.63, 3.8) is 0 Å². The van der Waals surface area contributed by atoms with E-state index in [1.54, 1.807) is 24.3 Å². The Balaban J connectivity index is 1.65. The summed E-state index contributed by atoms with van der Waals surface area (Å²) in [7, 11) is 0. The number of rotatable bonds is 7. The van der Waals surface area contributed by atoms with Gasteiger partial charge in [0.25, 0.3) is 5.91 Å². The molecule has 2 amide bonds. The molecule has 8 heteroatoms. The fourth-order valence-corrected chi connectivity index (χ4v) is 4.19. The van der Waals surface area contributed by atoms with Crippen molar-refractivity contribution in [2.24, 2.45) is 5.92 Å². The maximum atomic E-state index is 12.9. The zero-order valence-electron chi connectivity index (χ0n) is 19.0. The molecule has 1 unspecified atom stereocenters. The van der Waals surface area contributed by atoms with Gasteiger partial charge in [0.2, 0.25) is 5.91 Å². The van der Waals surface area contributed by atoms with Crippen LogP contribution in [0.4, 0.5) is 18.9 Å². The van der Waals surface area contributed by atoms with E-state index in [0.717, 1.165) is 37.2 Å². The maximum absolute atomic E-state index is 12.9. The number of halogens is 3. The van der Waals surface area contributed by atoms with Crippen molar-refractivity contribution < 1.29 is 22.8 Å². The van der Waals surface area contributed by atoms with E-state index in [0.29, 0.717) is 30.8 Å². The standard InChI is InChI=1S/C25H30F3N3O2/c1-3-30(4-2)24(33)20-10-7-13-31(17-20)22-12-6-9-19(15-22)23(32)29-16-18-8-5-11-21(14-18)25(26,27)28/h5-6,8-9,11-12,14-15,20H,3-4,7,10,13,16-17H2,1-2H3,(H,29,32). The zero-order chi connectivity index (χ0) is 24.0. The fourth-order valence-electron chi connectivity index (χ4n) is 4.19. The van der Waals surface area contributed by atoms with Gasteiger partial charge in [-0.1, -0.05) is 18.2 Å². The average molecular weight is 462 g/mol. The minimum atomic E-state index is -4.42. The first-order chi connectivity index (χ1) is 15.7. The topological polar surface area (TPSA) is 52.7 Å². The van der Waals surface area contributed by atoms with Crippen molar-refractivity contribution in [3.8, 4) is 0 Å². The predicted octanol–water partition coefficient (Wildman–Crippen LogP) is 4.72. The summed E-state index contributed by atoms with van der Waals surface area (Å²) in [5, 5.41) is 2.70. The van der Waals surface area contributed by atoms with Crippen molar-refractivity contribution in [1.82, 2.24) is 10.2 Å². The molecule has 0 aromatic heterocycles. The summed E-state index contributed by atoms with van der Waals surface area (Å²) in [6, 6.07) is 12.1. The lowest BCUT2D eigenvalue weighted by Gasteiger charge is -2.36. The summed E-state index contributed by atoms with van der Waals surface area (Å²) in [5.41, 5.74) is 0.925. The van der Waals surface area contributed by atoms with Crippen molar-refractivity contribution in [1.29, 1.82) is 0 Å². The van der Waals surface area contributed by atoms with E-state index in [1.165, 1.54) is 6.07 Å². The second kappa shape index (κ2) is 10.7. The second-order valence-corrected chi connectivity index (χ2v) is 8.23. The molecule has 0 bridgehead atoms. The van der Waals surface area contributed by atoms with E-state index >= 15 is 0 Å². The number of benzene rings is 2. The van der Waals surface area contributed by atoms with Gasteiger partial charge in [-0.2, -0.15) is 13.2 Å². The van der Waals surface area contributed by atoms with Crippen LogP contribution in [0.3, 0.4) is 0 Å². The van der Waals surface area contributed by atoms with Crippen molar-refractivity contribution in [2.45, 2.75) is 39.4 Å². The normalized spacial score (nSPS) is 16.4. The minimum absolute atomic E-state index is 0.00284. The van der Waals surface area contributed by atoms with Gasteiger partial charge in [0.15, 0.2) is 0 Å².